The molecule has 0 radical (unpaired) electrons. The lowest BCUT2D eigenvalue weighted by atomic mass is 10.0. The minimum Gasteiger partial charge on any atom is -0.485 e. The Morgan fingerprint density at radius 3 is 2.39 bits per heavy atom. The Balaban J connectivity index is 1.52. The quantitative estimate of drug-likeness (QED) is 0.342. The number of ketones is 1. The van der Waals surface area contributed by atoms with Crippen molar-refractivity contribution in [1.82, 2.24) is 10.2 Å². The number of ether oxygens (including phenoxy) is 1. The molecule has 1 aromatic rings. The summed E-state index contributed by atoms with van der Waals surface area (Å²) in [6.45, 7) is 0.542. The molecule has 2 aliphatic rings. The van der Waals surface area contributed by atoms with Crippen LogP contribution in [0, 0.1) is 0 Å². The first-order valence-corrected chi connectivity index (χ1v) is 11.6. The van der Waals surface area contributed by atoms with Crippen molar-refractivity contribution in [3.8, 4) is 5.75 Å². The zero-order chi connectivity index (χ0) is 23.8. The summed E-state index contributed by atoms with van der Waals surface area (Å²) in [6.07, 6.45) is 7.87. The second-order valence-corrected chi connectivity index (χ2v) is 8.47. The molecule has 9 heteroatoms. The molecule has 1 unspecified atom stereocenters. The van der Waals surface area contributed by atoms with Gasteiger partial charge >= 0.3 is 0 Å². The number of hydrogen-bond donors (Lipinski definition) is 2. The number of rotatable bonds is 13. The number of nitrogens with zero attached hydrogens (tertiary/aromatic N) is 1. The minimum atomic E-state index is -1.04. The predicted molar refractivity (Wildman–Crippen MR) is 120 cm³/mol. The Labute approximate surface area is 193 Å². The van der Waals surface area contributed by atoms with E-state index in [2.05, 4.69) is 5.32 Å². The molecule has 0 spiro atoms. The first kappa shape index (κ1) is 24.6. The molecule has 0 saturated carbocycles. The zero-order valence-electron chi connectivity index (χ0n) is 18.8. The SMILES string of the molecule is NCCCCCCCCCC(=O)COc1cccc2c1C(=O)N(C1CCC(=O)NC1=O)C2=O. The Morgan fingerprint density at radius 1 is 1.00 bits per heavy atom. The summed E-state index contributed by atoms with van der Waals surface area (Å²) in [5, 5.41) is 2.16. The second kappa shape index (κ2) is 11.7. The number of fused-ring (bicyclic) bond motifs is 1. The summed E-state index contributed by atoms with van der Waals surface area (Å²) >= 11 is 0. The lowest BCUT2D eigenvalue weighted by molar-refractivity contribution is -0.136. The van der Waals surface area contributed by atoms with Gasteiger partial charge in [-0.15, -0.1) is 0 Å². The molecule has 4 amide bonds. The van der Waals surface area contributed by atoms with E-state index in [1.807, 2.05) is 0 Å². The zero-order valence-corrected chi connectivity index (χ0v) is 18.8. The van der Waals surface area contributed by atoms with Gasteiger partial charge in [0.05, 0.1) is 11.1 Å². The van der Waals surface area contributed by atoms with Crippen LogP contribution < -0.4 is 15.8 Å². The van der Waals surface area contributed by atoms with E-state index in [-0.39, 0.29) is 42.1 Å². The van der Waals surface area contributed by atoms with Crippen molar-refractivity contribution in [3.05, 3.63) is 29.3 Å². The number of carbonyl (C=O) groups excluding carboxylic acids is 5. The second-order valence-electron chi connectivity index (χ2n) is 8.47. The third-order valence-electron chi connectivity index (χ3n) is 5.98. The van der Waals surface area contributed by atoms with E-state index < -0.39 is 29.7 Å². The van der Waals surface area contributed by atoms with Gasteiger partial charge in [-0.1, -0.05) is 38.2 Å². The molecule has 3 N–H and O–H groups in total. The van der Waals surface area contributed by atoms with Gasteiger partial charge in [-0.2, -0.15) is 0 Å². The van der Waals surface area contributed by atoms with Gasteiger partial charge in [0.25, 0.3) is 11.8 Å². The van der Waals surface area contributed by atoms with Crippen LogP contribution in [0.4, 0.5) is 0 Å². The standard InChI is InChI=1S/C24H31N3O6/c25-14-7-5-3-1-2-4-6-9-16(28)15-33-19-11-8-10-17-21(19)24(32)27(23(17)31)18-12-13-20(29)26-22(18)30/h8,10-11,18H,1-7,9,12-15,25H2,(H,26,29,30). The van der Waals surface area contributed by atoms with Crippen molar-refractivity contribution >= 4 is 29.4 Å². The van der Waals surface area contributed by atoms with Crippen molar-refractivity contribution < 1.29 is 28.7 Å². The van der Waals surface area contributed by atoms with Crippen molar-refractivity contribution in [2.75, 3.05) is 13.2 Å². The van der Waals surface area contributed by atoms with Gasteiger partial charge in [0.15, 0.2) is 5.78 Å². The highest BCUT2D eigenvalue weighted by Gasteiger charge is 2.46. The van der Waals surface area contributed by atoms with E-state index in [1.165, 1.54) is 12.1 Å². The number of piperidine rings is 1. The number of carbonyl (C=O) groups is 5. The maximum atomic E-state index is 13.0. The number of Topliss-reactive ketones (excluding diaryl/α,β-unsaturated/α-hetero) is 1. The average molecular weight is 458 g/mol. The molecule has 2 aliphatic heterocycles. The van der Waals surface area contributed by atoms with Crippen LogP contribution in [-0.4, -0.2) is 53.5 Å². The largest absolute Gasteiger partial charge is 0.485 e. The van der Waals surface area contributed by atoms with Crippen LogP contribution in [0.3, 0.4) is 0 Å². The molecule has 0 bridgehead atoms. The van der Waals surface area contributed by atoms with Crippen molar-refractivity contribution in [3.63, 3.8) is 0 Å². The smallest absolute Gasteiger partial charge is 0.266 e. The fourth-order valence-electron chi connectivity index (χ4n) is 4.19. The molecule has 33 heavy (non-hydrogen) atoms. The van der Waals surface area contributed by atoms with Crippen molar-refractivity contribution in [1.29, 1.82) is 0 Å². The van der Waals surface area contributed by atoms with Gasteiger partial charge in [0, 0.05) is 12.8 Å². The van der Waals surface area contributed by atoms with Crippen LogP contribution in [0.1, 0.15) is 84.9 Å². The van der Waals surface area contributed by atoms with E-state index in [1.54, 1.807) is 6.07 Å². The molecule has 0 aromatic heterocycles. The number of nitrogens with two attached hydrogens (primary N) is 1. The lowest BCUT2D eigenvalue weighted by Crippen LogP contribution is -2.54. The molecule has 9 nitrogen and oxygen atoms in total. The topological polar surface area (TPSA) is 136 Å². The first-order chi connectivity index (χ1) is 15.9. The van der Waals surface area contributed by atoms with Gasteiger partial charge in [0.2, 0.25) is 11.8 Å². The van der Waals surface area contributed by atoms with E-state index in [4.69, 9.17) is 10.5 Å². The summed E-state index contributed by atoms with van der Waals surface area (Å²) in [5.74, 6) is -2.28. The summed E-state index contributed by atoms with van der Waals surface area (Å²) in [6, 6.07) is 3.55. The van der Waals surface area contributed by atoms with Crippen LogP contribution in [-0.2, 0) is 14.4 Å². The fourth-order valence-corrected chi connectivity index (χ4v) is 4.19. The summed E-state index contributed by atoms with van der Waals surface area (Å²) < 4.78 is 5.62. The predicted octanol–water partition coefficient (Wildman–Crippen LogP) is 2.12. The Morgan fingerprint density at radius 2 is 1.70 bits per heavy atom. The molecule has 1 saturated heterocycles. The van der Waals surface area contributed by atoms with Gasteiger partial charge < -0.3 is 10.5 Å². The highest BCUT2D eigenvalue weighted by molar-refractivity contribution is 6.24. The molecule has 3 rings (SSSR count). The molecule has 1 atom stereocenters. The number of benzene rings is 1. The summed E-state index contributed by atoms with van der Waals surface area (Å²) in [5.41, 5.74) is 5.66. The molecule has 0 aliphatic carbocycles. The molecule has 2 heterocycles. The van der Waals surface area contributed by atoms with E-state index in [0.717, 1.165) is 56.4 Å². The highest BCUT2D eigenvalue weighted by atomic mass is 16.5. The van der Waals surface area contributed by atoms with Crippen molar-refractivity contribution in [2.24, 2.45) is 5.73 Å². The highest BCUT2D eigenvalue weighted by Crippen LogP contribution is 2.33. The maximum absolute atomic E-state index is 13.0. The number of amides is 4. The number of hydrogen-bond acceptors (Lipinski definition) is 7. The molecule has 178 valence electrons. The molecular formula is C24H31N3O6. The number of nitrogens with one attached hydrogen (secondary N) is 1. The molecule has 1 aromatic carbocycles. The van der Waals surface area contributed by atoms with Gasteiger partial charge in [-0.25, -0.2) is 0 Å². The van der Waals surface area contributed by atoms with Crippen molar-refractivity contribution in [2.45, 2.75) is 70.3 Å². The van der Waals surface area contributed by atoms with Crippen LogP contribution in [0.15, 0.2) is 18.2 Å². The molecular weight excluding hydrogens is 426 g/mol. The lowest BCUT2D eigenvalue weighted by Gasteiger charge is -2.27. The van der Waals surface area contributed by atoms with E-state index in [0.29, 0.717) is 6.42 Å². The van der Waals surface area contributed by atoms with Gasteiger partial charge in [0.1, 0.15) is 18.4 Å². The van der Waals surface area contributed by atoms with Crippen LogP contribution in [0.2, 0.25) is 0 Å². The summed E-state index contributed by atoms with van der Waals surface area (Å²) in [4.78, 5) is 62.5. The normalized spacial score (nSPS) is 17.8. The third-order valence-corrected chi connectivity index (χ3v) is 5.98. The fraction of sp³-hybridized carbons (Fsp3) is 0.542. The Bertz CT molecular complexity index is 929. The monoisotopic (exact) mass is 457 g/mol. The molecule has 1 fully saturated rings. The van der Waals surface area contributed by atoms with Crippen LogP contribution in [0.25, 0.3) is 0 Å². The summed E-state index contributed by atoms with van der Waals surface area (Å²) in [7, 11) is 0. The maximum Gasteiger partial charge on any atom is 0.266 e. The third kappa shape index (κ3) is 6.04. The first-order valence-electron chi connectivity index (χ1n) is 11.6. The Hall–Kier alpha value is -3.07. The Kier molecular flexibility index (Phi) is 8.71. The average Bonchev–Trinajstić information content (AvgIpc) is 3.05. The number of imide groups is 2. The van der Waals surface area contributed by atoms with E-state index in [9.17, 15) is 24.0 Å². The number of unbranched alkanes of at least 4 members (excludes halogenated alkanes) is 6. The van der Waals surface area contributed by atoms with Crippen LogP contribution in [0.5, 0.6) is 5.75 Å². The van der Waals surface area contributed by atoms with E-state index >= 15 is 0 Å². The minimum absolute atomic E-state index is 0.0510. The van der Waals surface area contributed by atoms with Crippen LogP contribution >= 0.6 is 0 Å². The van der Waals surface area contributed by atoms with Gasteiger partial charge in [-0.05, 0) is 37.9 Å². The van der Waals surface area contributed by atoms with Gasteiger partial charge in [-0.3, -0.25) is 34.2 Å².